The minimum Gasteiger partial charge on any atom is -0.496 e. The van der Waals surface area contributed by atoms with E-state index in [1.807, 2.05) is 0 Å². The van der Waals surface area contributed by atoms with Gasteiger partial charge in [-0.15, -0.1) is 0 Å². The smallest absolute Gasteiger partial charge is 0.225 e. The van der Waals surface area contributed by atoms with Crippen LogP contribution in [-0.2, 0) is 22.0 Å². The molecule has 1 rings (SSSR count). The first-order valence-corrected chi connectivity index (χ1v) is 9.26. The van der Waals surface area contributed by atoms with Crippen LogP contribution in [0.2, 0.25) is 0 Å². The van der Waals surface area contributed by atoms with Crippen molar-refractivity contribution >= 4 is 5.91 Å². The van der Waals surface area contributed by atoms with E-state index in [9.17, 15) is 4.79 Å². The molecule has 0 radical (unpaired) electrons. The molecular weight excluding hydrogens is 324 g/mol. The van der Waals surface area contributed by atoms with E-state index in [2.05, 4.69) is 59.8 Å². The molecule has 0 saturated carbocycles. The molecule has 1 amide bonds. The Morgan fingerprint density at radius 3 is 2.19 bits per heavy atom. The summed E-state index contributed by atoms with van der Waals surface area (Å²) in [5.74, 6) is 1.30. The molecule has 146 valence electrons. The van der Waals surface area contributed by atoms with Gasteiger partial charge in [0.15, 0.2) is 0 Å². The van der Waals surface area contributed by atoms with Crippen LogP contribution in [0.5, 0.6) is 5.75 Å². The molecule has 0 aliphatic carbocycles. The van der Waals surface area contributed by atoms with E-state index in [1.54, 1.807) is 20.1 Å². The van der Waals surface area contributed by atoms with Gasteiger partial charge in [0.25, 0.3) is 0 Å². The lowest BCUT2D eigenvalue weighted by Gasteiger charge is -2.32. The summed E-state index contributed by atoms with van der Waals surface area (Å²) in [5.41, 5.74) is 10.4. The predicted octanol–water partition coefficient (Wildman–Crippen LogP) is 4.47. The first-order chi connectivity index (χ1) is 11.8. The highest BCUT2D eigenvalue weighted by atomic mass is 16.5. The fourth-order valence-electron chi connectivity index (χ4n) is 3.29. The number of aryl methyl sites for hydroxylation is 1. The molecule has 0 heterocycles. The highest BCUT2D eigenvalue weighted by Crippen LogP contribution is 2.43. The van der Waals surface area contributed by atoms with Crippen molar-refractivity contribution in [2.24, 2.45) is 5.73 Å². The number of methoxy groups -OCH3 is 1. The monoisotopic (exact) mass is 360 g/mol. The minimum atomic E-state index is -0.0644. The number of hydrogen-bond donors (Lipinski definition) is 2. The molecule has 0 aromatic heterocycles. The van der Waals surface area contributed by atoms with Crippen molar-refractivity contribution in [1.29, 1.82) is 0 Å². The molecule has 0 bridgehead atoms. The van der Waals surface area contributed by atoms with Gasteiger partial charge in [-0.2, -0.15) is 0 Å². The van der Waals surface area contributed by atoms with Crippen LogP contribution in [-0.4, -0.2) is 13.0 Å². The van der Waals surface area contributed by atoms with E-state index in [-0.39, 0.29) is 16.7 Å². The lowest BCUT2D eigenvalue weighted by atomic mass is 9.75. The van der Waals surface area contributed by atoms with Crippen molar-refractivity contribution in [2.75, 3.05) is 7.11 Å². The summed E-state index contributed by atoms with van der Waals surface area (Å²) >= 11 is 0. The van der Waals surface area contributed by atoms with Gasteiger partial charge >= 0.3 is 0 Å². The molecule has 4 nitrogen and oxygen atoms in total. The van der Waals surface area contributed by atoms with Crippen molar-refractivity contribution < 1.29 is 9.53 Å². The fourth-order valence-corrected chi connectivity index (χ4v) is 3.29. The van der Waals surface area contributed by atoms with Crippen LogP contribution in [0.15, 0.2) is 18.0 Å². The second kappa shape index (κ2) is 8.15. The first kappa shape index (κ1) is 22.1. The van der Waals surface area contributed by atoms with Crippen LogP contribution in [0.25, 0.3) is 0 Å². The Morgan fingerprint density at radius 1 is 1.19 bits per heavy atom. The summed E-state index contributed by atoms with van der Waals surface area (Å²) in [6.45, 7) is 17.1. The molecule has 0 unspecified atom stereocenters. The Kier molecular flexibility index (Phi) is 6.92. The molecule has 0 atom stereocenters. The van der Waals surface area contributed by atoms with Gasteiger partial charge in [-0.3, -0.25) is 4.79 Å². The molecule has 26 heavy (non-hydrogen) atoms. The fraction of sp³-hybridized carbons (Fsp3) is 0.591. The Hall–Kier alpha value is -1.97. The third-order valence-corrected chi connectivity index (χ3v) is 4.63. The molecule has 1 aromatic carbocycles. The van der Waals surface area contributed by atoms with Gasteiger partial charge in [0, 0.05) is 17.5 Å². The van der Waals surface area contributed by atoms with Crippen LogP contribution in [0, 0.1) is 6.92 Å². The summed E-state index contributed by atoms with van der Waals surface area (Å²) in [5, 5.41) is 2.71. The number of ether oxygens (including phenoxy) is 1. The van der Waals surface area contributed by atoms with E-state index in [4.69, 9.17) is 10.5 Å². The predicted molar refractivity (Wildman–Crippen MR) is 110 cm³/mol. The van der Waals surface area contributed by atoms with Crippen molar-refractivity contribution in [1.82, 2.24) is 5.32 Å². The van der Waals surface area contributed by atoms with Gasteiger partial charge in [0.1, 0.15) is 5.75 Å². The maximum atomic E-state index is 12.1. The lowest BCUT2D eigenvalue weighted by Crippen LogP contribution is -2.27. The zero-order chi connectivity index (χ0) is 20.3. The average Bonchev–Trinajstić information content (AvgIpc) is 2.50. The quantitative estimate of drug-likeness (QED) is 0.814. The van der Waals surface area contributed by atoms with Gasteiger partial charge in [-0.1, -0.05) is 47.6 Å². The molecule has 0 spiro atoms. The summed E-state index contributed by atoms with van der Waals surface area (Å²) in [4.78, 5) is 12.1. The number of benzene rings is 1. The van der Waals surface area contributed by atoms with Crippen LogP contribution < -0.4 is 15.8 Å². The first-order valence-electron chi connectivity index (χ1n) is 9.26. The van der Waals surface area contributed by atoms with E-state index in [0.717, 1.165) is 5.75 Å². The van der Waals surface area contributed by atoms with E-state index >= 15 is 0 Å². The molecule has 4 heteroatoms. The molecule has 0 aliphatic rings. The molecule has 1 aromatic rings. The van der Waals surface area contributed by atoms with Crippen molar-refractivity contribution in [3.05, 3.63) is 40.2 Å². The van der Waals surface area contributed by atoms with E-state index in [0.29, 0.717) is 18.7 Å². The zero-order valence-electron chi connectivity index (χ0n) is 18.0. The summed E-state index contributed by atoms with van der Waals surface area (Å²) in [6.07, 6.45) is 2.76. The Balaban J connectivity index is 3.39. The number of rotatable bonds is 5. The molecule has 3 N–H and O–H groups in total. The van der Waals surface area contributed by atoms with Gasteiger partial charge in [-0.25, -0.2) is 0 Å². The van der Waals surface area contributed by atoms with Gasteiger partial charge < -0.3 is 15.8 Å². The minimum absolute atomic E-state index is 0.0502. The maximum absolute atomic E-state index is 12.1. The maximum Gasteiger partial charge on any atom is 0.225 e. The Bertz CT molecular complexity index is 690. The highest BCUT2D eigenvalue weighted by Gasteiger charge is 2.29. The summed E-state index contributed by atoms with van der Waals surface area (Å²) in [7, 11) is 1.74. The Morgan fingerprint density at radius 2 is 1.77 bits per heavy atom. The number of carbonyl (C=O) groups excluding carboxylic acids is 1. The third kappa shape index (κ3) is 5.26. The van der Waals surface area contributed by atoms with E-state index in [1.165, 1.54) is 22.3 Å². The standard InChI is InChI=1S/C22H36N2O2/c1-10-17(23)24-18(25)12-11-15-13-16(21(3,4)5)20(26-9)19(14(15)2)22(6,7)8/h10,13H,11-12,23H2,1-9H3,(H,24,25). The highest BCUT2D eigenvalue weighted by molar-refractivity contribution is 5.78. The number of nitrogens with two attached hydrogens (primary N) is 1. The van der Waals surface area contributed by atoms with Crippen LogP contribution in [0.1, 0.15) is 77.1 Å². The topological polar surface area (TPSA) is 64.3 Å². The number of amides is 1. The van der Waals surface area contributed by atoms with Crippen molar-refractivity contribution in [2.45, 2.75) is 79.1 Å². The SMILES string of the molecule is CC=C(N)NC(=O)CCc1cc(C(C)(C)C)c(OC)c(C(C)(C)C)c1C. The van der Waals surface area contributed by atoms with Crippen LogP contribution in [0.3, 0.4) is 0 Å². The lowest BCUT2D eigenvalue weighted by molar-refractivity contribution is -0.120. The Labute approximate surface area is 159 Å². The summed E-state index contributed by atoms with van der Waals surface area (Å²) < 4.78 is 5.85. The van der Waals surface area contributed by atoms with Crippen LogP contribution >= 0.6 is 0 Å². The molecular formula is C22H36N2O2. The van der Waals surface area contributed by atoms with Gasteiger partial charge in [-0.05, 0) is 48.3 Å². The third-order valence-electron chi connectivity index (χ3n) is 4.63. The number of nitrogens with one attached hydrogen (secondary N) is 1. The zero-order valence-corrected chi connectivity index (χ0v) is 18.0. The average molecular weight is 361 g/mol. The van der Waals surface area contributed by atoms with Crippen molar-refractivity contribution in [3.8, 4) is 5.75 Å². The summed E-state index contributed by atoms with van der Waals surface area (Å²) in [6, 6.07) is 2.20. The number of carbonyl (C=O) groups is 1. The number of hydrogen-bond acceptors (Lipinski definition) is 3. The van der Waals surface area contributed by atoms with E-state index < -0.39 is 0 Å². The van der Waals surface area contributed by atoms with Gasteiger partial charge in [0.05, 0.1) is 12.9 Å². The normalized spacial score (nSPS) is 12.9. The largest absolute Gasteiger partial charge is 0.496 e. The molecule has 0 saturated heterocycles. The molecule has 0 aliphatic heterocycles. The second-order valence-electron chi connectivity index (χ2n) is 8.91. The van der Waals surface area contributed by atoms with Gasteiger partial charge in [0.2, 0.25) is 5.91 Å². The van der Waals surface area contributed by atoms with Crippen molar-refractivity contribution in [3.63, 3.8) is 0 Å². The van der Waals surface area contributed by atoms with Crippen LogP contribution in [0.4, 0.5) is 0 Å². The molecule has 0 fully saturated rings. The second-order valence-corrected chi connectivity index (χ2v) is 8.91. The number of allylic oxidation sites excluding steroid dienone is 1.